The summed E-state index contributed by atoms with van der Waals surface area (Å²) in [6, 6.07) is 78.7. The van der Waals surface area contributed by atoms with Crippen LogP contribution in [0.15, 0.2) is 254 Å². The summed E-state index contributed by atoms with van der Waals surface area (Å²) in [7, 11) is 0. The number of phenolic OH excluding ortho intramolecular Hbond substituents is 1. The molecule has 1 N–H and O–H groups in total. The number of non-ortho nitro benzene ring substituents is 2. The van der Waals surface area contributed by atoms with Gasteiger partial charge in [0, 0.05) is 65.4 Å². The van der Waals surface area contributed by atoms with Gasteiger partial charge in [-0.25, -0.2) is 0 Å². The molecule has 0 saturated heterocycles. The van der Waals surface area contributed by atoms with Gasteiger partial charge in [-0.2, -0.15) is 0 Å². The maximum atomic E-state index is 11.5. The molecule has 13 rings (SSSR count). The van der Waals surface area contributed by atoms with E-state index in [1.54, 1.807) is 18.4 Å². The van der Waals surface area contributed by atoms with Gasteiger partial charge in [0.1, 0.15) is 11.5 Å². The van der Waals surface area contributed by atoms with Crippen LogP contribution in [-0.4, -0.2) is 33.2 Å². The summed E-state index contributed by atoms with van der Waals surface area (Å²) in [5.41, 5.74) is 18.4. The Kier molecular flexibility index (Phi) is 17.7. The second-order valence-electron chi connectivity index (χ2n) is 23.2. The highest BCUT2D eigenvalue weighted by atomic mass is 32.2. The second-order valence-corrected chi connectivity index (χ2v) is 24.1. The van der Waals surface area contributed by atoms with Gasteiger partial charge < -0.3 is 19.6 Å². The van der Waals surface area contributed by atoms with E-state index in [0.29, 0.717) is 23.5 Å². The lowest BCUT2D eigenvalue weighted by Crippen LogP contribution is -2.59. The van der Waals surface area contributed by atoms with Gasteiger partial charge in [0.2, 0.25) is 5.72 Å². The van der Waals surface area contributed by atoms with Crippen molar-refractivity contribution >= 4 is 46.9 Å². The SMILES string of the molecule is C.C=C1N(Cc2ccc(-c3ccc(-c4ccccc4)cc3)cc2)c2ccccc2C1(C)C.CSc1cc([N+](=O)[O-])cc(C=O)c1O.Cc1cc([N+](=O)[O-])cc2c1OC1(C=C2)N(Cc2ccc(-c3ccc(-c4ccccc4)cc3)cc2)c2ccccc2C1(C)C. The van der Waals surface area contributed by atoms with Crippen LogP contribution >= 0.6 is 11.8 Å². The van der Waals surface area contributed by atoms with Gasteiger partial charge in [-0.3, -0.25) is 25.0 Å². The number of aromatic hydroxyl groups is 1. The third kappa shape index (κ3) is 12.1. The van der Waals surface area contributed by atoms with Crippen molar-refractivity contribution < 1.29 is 24.5 Å². The monoisotopic (exact) mass is 1190 g/mol. The van der Waals surface area contributed by atoms with Gasteiger partial charge >= 0.3 is 0 Å². The van der Waals surface area contributed by atoms with Crippen molar-refractivity contribution in [3.63, 3.8) is 0 Å². The smallest absolute Gasteiger partial charge is 0.271 e. The van der Waals surface area contributed by atoms with Crippen molar-refractivity contribution in [2.75, 3.05) is 16.1 Å². The molecule has 3 heterocycles. The van der Waals surface area contributed by atoms with Crippen molar-refractivity contribution in [3.8, 4) is 56.0 Å². The normalized spacial score (nSPS) is 15.2. The number of nitro groups is 2. The molecule has 3 aliphatic heterocycles. The van der Waals surface area contributed by atoms with E-state index in [1.807, 2.05) is 19.1 Å². The van der Waals surface area contributed by atoms with E-state index in [4.69, 9.17) is 4.74 Å². The Balaban J connectivity index is 0.000000165. The summed E-state index contributed by atoms with van der Waals surface area (Å²) in [5.74, 6) is 0.478. The Morgan fingerprint density at radius 3 is 1.47 bits per heavy atom. The van der Waals surface area contributed by atoms with Gasteiger partial charge in [-0.15, -0.1) is 11.8 Å². The average molecular weight is 1200 g/mol. The zero-order valence-electron chi connectivity index (χ0n) is 49.9. The molecule has 3 aliphatic rings. The fourth-order valence-electron chi connectivity index (χ4n) is 12.1. The van der Waals surface area contributed by atoms with E-state index in [9.17, 15) is 30.1 Å². The molecule has 12 heteroatoms. The predicted molar refractivity (Wildman–Crippen MR) is 364 cm³/mol. The zero-order chi connectivity index (χ0) is 61.9. The number of benzene rings is 10. The van der Waals surface area contributed by atoms with Crippen LogP contribution < -0.4 is 14.5 Å². The molecule has 0 bridgehead atoms. The number of para-hydroxylation sites is 2. The number of hydrogen-bond donors (Lipinski definition) is 1. The quantitative estimate of drug-likeness (QED) is 0.0544. The van der Waals surface area contributed by atoms with Crippen molar-refractivity contribution in [3.05, 3.63) is 308 Å². The standard InChI is InChI=1S/C38H32N2O3.C30H27N.C8H7NO4S.CH4/c1-26-23-33(40(41)42)24-32-21-22-38(43-36(26)32)37(2,3)34-11-7-8-12-35(34)39(38)25-27-13-15-29(16-14-27)31-19-17-30(18-20-31)28-9-5-4-6-10-28;1-22-30(2,3)28-11-7-8-12-29(28)31(22)21-23-13-15-25(16-14-23)27-19-17-26(18-20-27)24-9-5-4-6-10-24;1-14-7-3-6(9(12)13)2-5(4-10)8(7)11;/h4-24H,25H2,1-3H3;4-20H,1,21H2,2-3H3;2-4,11H,1H3;1H4. The maximum absolute atomic E-state index is 11.5. The summed E-state index contributed by atoms with van der Waals surface area (Å²) >= 11 is 1.14. The molecule has 11 nitrogen and oxygen atoms in total. The number of nitrogens with zero attached hydrogens (tertiary/aromatic N) is 4. The molecule has 10 aromatic rings. The lowest BCUT2D eigenvalue weighted by atomic mass is 9.76. The lowest BCUT2D eigenvalue weighted by Gasteiger charge is -2.47. The minimum atomic E-state index is -0.809. The molecular weight excluding hydrogens is 1120 g/mol. The van der Waals surface area contributed by atoms with Crippen LogP contribution in [0.1, 0.15) is 78.9 Å². The van der Waals surface area contributed by atoms with E-state index >= 15 is 0 Å². The summed E-state index contributed by atoms with van der Waals surface area (Å²) in [6.07, 6.45) is 6.12. The molecule has 0 radical (unpaired) electrons. The van der Waals surface area contributed by atoms with E-state index in [-0.39, 0.29) is 40.5 Å². The number of rotatable bonds is 12. The number of ether oxygens (including phenoxy) is 1. The van der Waals surface area contributed by atoms with Gasteiger partial charge in [0.25, 0.3) is 11.4 Å². The van der Waals surface area contributed by atoms with Gasteiger partial charge in [-0.05, 0) is 124 Å². The second kappa shape index (κ2) is 25.6. The van der Waals surface area contributed by atoms with E-state index in [2.05, 4.69) is 250 Å². The highest BCUT2D eigenvalue weighted by Crippen LogP contribution is 2.56. The molecule has 10 aromatic carbocycles. The van der Waals surface area contributed by atoms with Crippen molar-refractivity contribution in [1.82, 2.24) is 0 Å². The molecule has 1 spiro atoms. The van der Waals surface area contributed by atoms with Gasteiger partial charge in [0.05, 0.1) is 25.7 Å². The van der Waals surface area contributed by atoms with Gasteiger partial charge in [-0.1, -0.05) is 222 Å². The largest absolute Gasteiger partial charge is 0.506 e. The number of thioether (sulfide) groups is 1. The fourth-order valence-corrected chi connectivity index (χ4v) is 12.7. The number of anilines is 2. The molecule has 0 aliphatic carbocycles. The number of phenols is 1. The van der Waals surface area contributed by atoms with Crippen LogP contribution in [0.4, 0.5) is 22.7 Å². The lowest BCUT2D eigenvalue weighted by molar-refractivity contribution is -0.385. The van der Waals surface area contributed by atoms with Crippen LogP contribution in [0.25, 0.3) is 50.6 Å². The Morgan fingerprint density at radius 1 is 0.562 bits per heavy atom. The van der Waals surface area contributed by atoms with Crippen LogP contribution in [0.3, 0.4) is 0 Å². The minimum Gasteiger partial charge on any atom is -0.506 e. The third-order valence-electron chi connectivity index (χ3n) is 17.2. The maximum Gasteiger partial charge on any atom is 0.271 e. The highest BCUT2D eigenvalue weighted by Gasteiger charge is 2.59. The van der Waals surface area contributed by atoms with E-state index in [1.165, 1.54) is 78.5 Å². The van der Waals surface area contributed by atoms with Crippen LogP contribution in [0.2, 0.25) is 0 Å². The number of carbonyl (C=O) groups excluding carboxylic acids is 1. The highest BCUT2D eigenvalue weighted by molar-refractivity contribution is 7.98. The van der Waals surface area contributed by atoms with Crippen molar-refractivity contribution in [2.45, 2.75) is 76.6 Å². The average Bonchev–Trinajstić information content (AvgIpc) is 1.56. The van der Waals surface area contributed by atoms with Gasteiger partial charge in [0.15, 0.2) is 6.29 Å². The summed E-state index contributed by atoms with van der Waals surface area (Å²) in [4.78, 5) is 36.5. The first-order valence-electron chi connectivity index (χ1n) is 29.0. The first kappa shape index (κ1) is 61.8. The number of aldehydes is 1. The Labute approximate surface area is 525 Å². The van der Waals surface area contributed by atoms with Crippen LogP contribution in [-0.2, 0) is 23.9 Å². The van der Waals surface area contributed by atoms with E-state index < -0.39 is 16.1 Å². The number of allylic oxidation sites excluding steroid dienone is 1. The Hall–Kier alpha value is -10.3. The van der Waals surface area contributed by atoms with Crippen LogP contribution in [0.5, 0.6) is 11.5 Å². The molecule has 89 heavy (non-hydrogen) atoms. The molecule has 0 saturated carbocycles. The molecular formula is C77H70N4O7S. The Bertz CT molecular complexity index is 4280. The summed E-state index contributed by atoms with van der Waals surface area (Å²) in [5, 5.41) is 31.4. The number of fused-ring (bicyclic) bond motifs is 3. The summed E-state index contributed by atoms with van der Waals surface area (Å²) < 4.78 is 6.99. The van der Waals surface area contributed by atoms with Crippen molar-refractivity contribution in [1.29, 1.82) is 0 Å². The first-order chi connectivity index (χ1) is 42.4. The minimum absolute atomic E-state index is 0. The molecule has 446 valence electrons. The van der Waals surface area contributed by atoms with Crippen LogP contribution in [0, 0.1) is 27.2 Å². The zero-order valence-corrected chi connectivity index (χ0v) is 50.7. The third-order valence-corrected chi connectivity index (χ3v) is 18.0. The molecule has 0 amide bonds. The van der Waals surface area contributed by atoms with E-state index in [0.717, 1.165) is 46.9 Å². The predicted octanol–water partition coefficient (Wildman–Crippen LogP) is 19.6. The Morgan fingerprint density at radius 2 is 0.989 bits per heavy atom. The molecule has 0 fully saturated rings. The molecule has 1 atom stereocenters. The molecule has 1 unspecified atom stereocenters. The fraction of sp³-hybridized carbons (Fsp3) is 0.156. The summed E-state index contributed by atoms with van der Waals surface area (Å²) in [6.45, 7) is 16.7. The topological polar surface area (TPSA) is 139 Å². The number of hydrogen-bond acceptors (Lipinski definition) is 10. The van der Waals surface area contributed by atoms with Crippen molar-refractivity contribution in [2.24, 2.45) is 0 Å². The first-order valence-corrected chi connectivity index (χ1v) is 30.2. The number of carbonyl (C=O) groups is 1. The molecule has 0 aromatic heterocycles. The number of nitro benzene ring substituents is 2. The number of aryl methyl sites for hydroxylation is 1.